The molecule has 0 saturated heterocycles. The maximum Gasteiger partial charge on any atom is 0.0388 e. The lowest BCUT2D eigenvalue weighted by molar-refractivity contribution is 0.429. The average Bonchev–Trinajstić information content (AvgIpc) is 2.06. The third-order valence-corrected chi connectivity index (χ3v) is 2.09. The molecule has 4 heteroatoms. The van der Waals surface area contributed by atoms with Crippen molar-refractivity contribution in [2.24, 2.45) is 10.2 Å². The van der Waals surface area contributed by atoms with Crippen molar-refractivity contribution in [1.82, 2.24) is 10.0 Å². The molecule has 0 radical (unpaired) electrons. The molecular weight excluding hydrogens is 176 g/mol. The Bertz CT molecular complexity index is 203. The van der Waals surface area contributed by atoms with Gasteiger partial charge in [0.2, 0.25) is 0 Å². The lowest BCUT2D eigenvalue weighted by Crippen LogP contribution is -2.19. The van der Waals surface area contributed by atoms with Crippen LogP contribution in [0, 0.1) is 0 Å². The molecule has 1 aliphatic rings. The van der Waals surface area contributed by atoms with Crippen molar-refractivity contribution >= 4 is 11.4 Å². The standard InChI is InChI=1S/C10H20N4/c1-13(2)11-9-5-7-10(8-6-9)12-14(3)4/h5-8H2,1-4H3. The van der Waals surface area contributed by atoms with Gasteiger partial charge in [-0.25, -0.2) is 0 Å². The van der Waals surface area contributed by atoms with E-state index in [1.807, 2.05) is 38.2 Å². The third kappa shape index (κ3) is 3.77. The van der Waals surface area contributed by atoms with E-state index in [1.54, 1.807) is 0 Å². The summed E-state index contributed by atoms with van der Waals surface area (Å²) in [4.78, 5) is 0. The highest BCUT2D eigenvalue weighted by Gasteiger charge is 2.13. The zero-order chi connectivity index (χ0) is 10.6. The van der Waals surface area contributed by atoms with Crippen molar-refractivity contribution in [2.75, 3.05) is 28.2 Å². The Morgan fingerprint density at radius 1 is 0.714 bits per heavy atom. The fourth-order valence-corrected chi connectivity index (χ4v) is 1.59. The number of hydrazone groups is 2. The maximum absolute atomic E-state index is 4.43. The van der Waals surface area contributed by atoms with Crippen LogP contribution in [0.2, 0.25) is 0 Å². The van der Waals surface area contributed by atoms with Gasteiger partial charge in [-0.2, -0.15) is 10.2 Å². The predicted molar refractivity (Wildman–Crippen MR) is 60.7 cm³/mol. The topological polar surface area (TPSA) is 31.2 Å². The first-order valence-corrected chi connectivity index (χ1v) is 5.05. The summed E-state index contributed by atoms with van der Waals surface area (Å²) in [5.74, 6) is 0. The van der Waals surface area contributed by atoms with Crippen molar-refractivity contribution in [2.45, 2.75) is 25.7 Å². The van der Waals surface area contributed by atoms with Crippen molar-refractivity contribution in [3.63, 3.8) is 0 Å². The average molecular weight is 196 g/mol. The monoisotopic (exact) mass is 196 g/mol. The van der Waals surface area contributed by atoms with E-state index in [4.69, 9.17) is 0 Å². The molecular formula is C10H20N4. The molecule has 1 fully saturated rings. The second-order valence-electron chi connectivity index (χ2n) is 4.03. The molecule has 0 aromatic rings. The first kappa shape index (κ1) is 11.0. The van der Waals surface area contributed by atoms with Crippen molar-refractivity contribution in [3.05, 3.63) is 0 Å². The Balaban J connectivity index is 2.46. The Morgan fingerprint density at radius 3 is 1.21 bits per heavy atom. The normalized spacial score (nSPS) is 16.6. The van der Waals surface area contributed by atoms with Crippen LogP contribution in [0.5, 0.6) is 0 Å². The molecule has 0 bridgehead atoms. The van der Waals surface area contributed by atoms with Gasteiger partial charge >= 0.3 is 0 Å². The quantitative estimate of drug-likeness (QED) is 0.625. The fraction of sp³-hybridized carbons (Fsp3) is 0.800. The highest BCUT2D eigenvalue weighted by molar-refractivity contribution is 5.97. The lowest BCUT2D eigenvalue weighted by atomic mass is 9.97. The van der Waals surface area contributed by atoms with Gasteiger partial charge in [0, 0.05) is 39.6 Å². The molecule has 0 amide bonds. The van der Waals surface area contributed by atoms with Crippen LogP contribution in [0.1, 0.15) is 25.7 Å². The summed E-state index contributed by atoms with van der Waals surface area (Å²) in [6.45, 7) is 0. The van der Waals surface area contributed by atoms with Crippen LogP contribution < -0.4 is 0 Å². The summed E-state index contributed by atoms with van der Waals surface area (Å²) < 4.78 is 0. The van der Waals surface area contributed by atoms with E-state index in [9.17, 15) is 0 Å². The molecule has 0 heterocycles. The number of hydrogen-bond donors (Lipinski definition) is 0. The van der Waals surface area contributed by atoms with E-state index in [0.717, 1.165) is 25.7 Å². The van der Waals surface area contributed by atoms with Gasteiger partial charge in [0.1, 0.15) is 0 Å². The molecule has 0 unspecified atom stereocenters. The van der Waals surface area contributed by atoms with Gasteiger partial charge in [0.05, 0.1) is 0 Å². The number of hydrogen-bond acceptors (Lipinski definition) is 4. The molecule has 4 nitrogen and oxygen atoms in total. The maximum atomic E-state index is 4.43. The van der Waals surface area contributed by atoms with Crippen LogP contribution in [-0.2, 0) is 0 Å². The first-order chi connectivity index (χ1) is 6.58. The minimum absolute atomic E-state index is 1.06. The summed E-state index contributed by atoms with van der Waals surface area (Å²) in [5, 5.41) is 12.6. The zero-order valence-electron chi connectivity index (χ0n) is 9.62. The molecule has 80 valence electrons. The first-order valence-electron chi connectivity index (χ1n) is 5.05. The van der Waals surface area contributed by atoms with Crippen LogP contribution in [-0.4, -0.2) is 49.6 Å². The molecule has 14 heavy (non-hydrogen) atoms. The molecule has 0 aromatic heterocycles. The highest BCUT2D eigenvalue weighted by Crippen LogP contribution is 2.14. The summed E-state index contributed by atoms with van der Waals surface area (Å²) in [7, 11) is 7.87. The van der Waals surface area contributed by atoms with Gasteiger partial charge < -0.3 is 10.0 Å². The Morgan fingerprint density at radius 2 is 1.00 bits per heavy atom. The summed E-state index contributed by atoms with van der Waals surface area (Å²) in [6, 6.07) is 0. The number of nitrogens with zero attached hydrogens (tertiary/aromatic N) is 4. The van der Waals surface area contributed by atoms with Crippen LogP contribution >= 0.6 is 0 Å². The smallest absolute Gasteiger partial charge is 0.0388 e. The van der Waals surface area contributed by atoms with Gasteiger partial charge in [0.15, 0.2) is 0 Å². The molecule has 1 rings (SSSR count). The SMILES string of the molecule is CN(C)N=C1CCC(=NN(C)C)CC1. The molecule has 0 aliphatic heterocycles. The van der Waals surface area contributed by atoms with Gasteiger partial charge in [-0.05, 0) is 25.7 Å². The van der Waals surface area contributed by atoms with E-state index in [1.165, 1.54) is 11.4 Å². The summed E-state index contributed by atoms with van der Waals surface area (Å²) in [6.07, 6.45) is 4.24. The summed E-state index contributed by atoms with van der Waals surface area (Å²) >= 11 is 0. The molecule has 1 saturated carbocycles. The number of rotatable bonds is 2. The Kier molecular flexibility index (Phi) is 3.92. The molecule has 0 atom stereocenters. The van der Waals surface area contributed by atoms with Crippen molar-refractivity contribution in [3.8, 4) is 0 Å². The zero-order valence-corrected chi connectivity index (χ0v) is 9.62. The minimum Gasteiger partial charge on any atom is -0.303 e. The fourth-order valence-electron chi connectivity index (χ4n) is 1.59. The highest BCUT2D eigenvalue weighted by atomic mass is 15.4. The largest absolute Gasteiger partial charge is 0.303 e. The van der Waals surface area contributed by atoms with Crippen LogP contribution in [0.4, 0.5) is 0 Å². The van der Waals surface area contributed by atoms with Gasteiger partial charge in [-0.3, -0.25) is 0 Å². The molecule has 0 aromatic carbocycles. The molecule has 1 aliphatic carbocycles. The van der Waals surface area contributed by atoms with Gasteiger partial charge in [-0.15, -0.1) is 0 Å². The van der Waals surface area contributed by atoms with Gasteiger partial charge in [-0.1, -0.05) is 0 Å². The van der Waals surface area contributed by atoms with Crippen LogP contribution in [0.15, 0.2) is 10.2 Å². The molecule has 0 N–H and O–H groups in total. The predicted octanol–water partition coefficient (Wildman–Crippen LogP) is 1.40. The van der Waals surface area contributed by atoms with E-state index >= 15 is 0 Å². The van der Waals surface area contributed by atoms with Crippen molar-refractivity contribution in [1.29, 1.82) is 0 Å². The second kappa shape index (κ2) is 4.98. The van der Waals surface area contributed by atoms with E-state index in [0.29, 0.717) is 0 Å². The van der Waals surface area contributed by atoms with Crippen LogP contribution in [0.25, 0.3) is 0 Å². The van der Waals surface area contributed by atoms with Crippen LogP contribution in [0.3, 0.4) is 0 Å². The van der Waals surface area contributed by atoms with E-state index in [2.05, 4.69) is 10.2 Å². The Labute approximate surface area is 86.3 Å². The van der Waals surface area contributed by atoms with Crippen molar-refractivity contribution < 1.29 is 0 Å². The van der Waals surface area contributed by atoms with Gasteiger partial charge in [0.25, 0.3) is 0 Å². The summed E-state index contributed by atoms with van der Waals surface area (Å²) in [5.41, 5.74) is 2.60. The molecule has 0 spiro atoms. The minimum atomic E-state index is 1.06. The van der Waals surface area contributed by atoms with E-state index in [-0.39, 0.29) is 0 Å². The van der Waals surface area contributed by atoms with E-state index < -0.39 is 0 Å². The lowest BCUT2D eigenvalue weighted by Gasteiger charge is -2.18. The second-order valence-corrected chi connectivity index (χ2v) is 4.03. The third-order valence-electron chi connectivity index (χ3n) is 2.09. The Hall–Kier alpha value is -1.06.